The molecule has 98 valence electrons. The van der Waals surface area contributed by atoms with Gasteiger partial charge in [-0.1, -0.05) is 0 Å². The van der Waals surface area contributed by atoms with Crippen molar-refractivity contribution >= 4 is 11.9 Å². The van der Waals surface area contributed by atoms with E-state index in [1.54, 1.807) is 25.3 Å². The maximum absolute atomic E-state index is 12.2. The Balaban J connectivity index is 2.79. The Morgan fingerprint density at radius 1 is 1.44 bits per heavy atom. The van der Waals surface area contributed by atoms with Crippen molar-refractivity contribution < 1.29 is 14.3 Å². The van der Waals surface area contributed by atoms with Gasteiger partial charge in [-0.3, -0.25) is 14.6 Å². The molecule has 0 aliphatic rings. The van der Waals surface area contributed by atoms with Crippen LogP contribution in [0.25, 0.3) is 0 Å². The molecule has 0 radical (unpaired) electrons. The molecule has 0 saturated heterocycles. The van der Waals surface area contributed by atoms with E-state index >= 15 is 0 Å². The molecule has 0 aliphatic carbocycles. The van der Waals surface area contributed by atoms with Gasteiger partial charge in [-0.25, -0.2) is 0 Å². The Morgan fingerprint density at radius 3 is 2.67 bits per heavy atom. The molecule has 1 aromatic rings. The maximum atomic E-state index is 12.2. The quantitative estimate of drug-likeness (QED) is 0.743. The summed E-state index contributed by atoms with van der Waals surface area (Å²) in [4.78, 5) is 29.0. The molecule has 18 heavy (non-hydrogen) atoms. The molecule has 0 saturated carbocycles. The van der Waals surface area contributed by atoms with Crippen LogP contribution in [-0.4, -0.2) is 41.0 Å². The van der Waals surface area contributed by atoms with Crippen molar-refractivity contribution in [2.75, 3.05) is 13.2 Å². The highest BCUT2D eigenvalue weighted by Crippen LogP contribution is 2.07. The third-order valence-electron chi connectivity index (χ3n) is 2.40. The largest absolute Gasteiger partial charge is 0.465 e. The Hall–Kier alpha value is -1.91. The van der Waals surface area contributed by atoms with Gasteiger partial charge in [0, 0.05) is 18.4 Å². The van der Waals surface area contributed by atoms with Gasteiger partial charge in [0.2, 0.25) is 0 Å². The Bertz CT molecular complexity index is 404. The van der Waals surface area contributed by atoms with Crippen LogP contribution in [0.3, 0.4) is 0 Å². The lowest BCUT2D eigenvalue weighted by Gasteiger charge is -2.25. The van der Waals surface area contributed by atoms with Gasteiger partial charge in [-0.05, 0) is 32.9 Å². The lowest BCUT2D eigenvalue weighted by atomic mass is 10.2. The molecule has 5 nitrogen and oxygen atoms in total. The summed E-state index contributed by atoms with van der Waals surface area (Å²) in [5.74, 6) is -0.616. The highest BCUT2D eigenvalue weighted by molar-refractivity contribution is 5.95. The lowest BCUT2D eigenvalue weighted by molar-refractivity contribution is -0.144. The summed E-state index contributed by atoms with van der Waals surface area (Å²) in [5.41, 5.74) is 0.468. The van der Waals surface area contributed by atoms with Gasteiger partial charge in [-0.15, -0.1) is 0 Å². The van der Waals surface area contributed by atoms with Crippen LogP contribution in [0.2, 0.25) is 0 Å². The number of esters is 1. The van der Waals surface area contributed by atoms with Crippen molar-refractivity contribution in [3.05, 3.63) is 30.1 Å². The number of hydrogen-bond acceptors (Lipinski definition) is 4. The first-order chi connectivity index (χ1) is 8.56. The van der Waals surface area contributed by atoms with Gasteiger partial charge >= 0.3 is 5.97 Å². The summed E-state index contributed by atoms with van der Waals surface area (Å²) in [7, 11) is 0. The average molecular weight is 250 g/mol. The number of nitrogens with zero attached hydrogens (tertiary/aromatic N) is 2. The molecular formula is C13H18N2O3. The Labute approximate surface area is 107 Å². The van der Waals surface area contributed by atoms with Gasteiger partial charge < -0.3 is 9.64 Å². The van der Waals surface area contributed by atoms with E-state index in [0.717, 1.165) is 0 Å². The summed E-state index contributed by atoms with van der Waals surface area (Å²) < 4.78 is 4.86. The molecule has 1 amide bonds. The van der Waals surface area contributed by atoms with E-state index in [2.05, 4.69) is 4.98 Å². The number of carbonyl (C=O) groups excluding carboxylic acids is 2. The molecule has 1 aromatic heterocycles. The third kappa shape index (κ3) is 3.84. The normalized spacial score (nSPS) is 10.2. The summed E-state index contributed by atoms with van der Waals surface area (Å²) >= 11 is 0. The minimum Gasteiger partial charge on any atom is -0.465 e. The van der Waals surface area contributed by atoms with Crippen molar-refractivity contribution in [1.29, 1.82) is 0 Å². The van der Waals surface area contributed by atoms with Crippen LogP contribution in [0, 0.1) is 0 Å². The average Bonchev–Trinajstić information content (AvgIpc) is 2.36. The van der Waals surface area contributed by atoms with Crippen molar-refractivity contribution in [3.8, 4) is 0 Å². The summed E-state index contributed by atoms with van der Waals surface area (Å²) in [6, 6.07) is 3.29. The fraction of sp³-hybridized carbons (Fsp3) is 0.462. The number of ether oxygens (including phenoxy) is 1. The van der Waals surface area contributed by atoms with E-state index in [9.17, 15) is 9.59 Å². The van der Waals surface area contributed by atoms with Gasteiger partial charge in [0.15, 0.2) is 0 Å². The smallest absolute Gasteiger partial charge is 0.325 e. The second-order valence-electron chi connectivity index (χ2n) is 4.07. The zero-order valence-electron chi connectivity index (χ0n) is 10.9. The molecule has 0 N–H and O–H groups in total. The second kappa shape index (κ2) is 6.74. The monoisotopic (exact) mass is 250 g/mol. The number of hydrogen-bond donors (Lipinski definition) is 0. The SMILES string of the molecule is CCOC(=O)CN(C(=O)c1cccnc1)C(C)C. The first kappa shape index (κ1) is 14.2. The first-order valence-corrected chi connectivity index (χ1v) is 5.92. The standard InChI is InChI=1S/C13H18N2O3/c1-4-18-12(16)9-15(10(2)3)13(17)11-6-5-7-14-8-11/h5-8,10H,4,9H2,1-3H3. The fourth-order valence-corrected chi connectivity index (χ4v) is 1.49. The van der Waals surface area contributed by atoms with E-state index in [0.29, 0.717) is 12.2 Å². The minimum absolute atomic E-state index is 0.0424. The topological polar surface area (TPSA) is 59.5 Å². The van der Waals surface area contributed by atoms with Gasteiger partial charge in [0.25, 0.3) is 5.91 Å². The van der Waals surface area contributed by atoms with Crippen LogP contribution >= 0.6 is 0 Å². The van der Waals surface area contributed by atoms with E-state index in [-0.39, 0.29) is 18.5 Å². The van der Waals surface area contributed by atoms with Crippen LogP contribution in [0.15, 0.2) is 24.5 Å². The van der Waals surface area contributed by atoms with E-state index in [4.69, 9.17) is 4.74 Å². The number of pyridine rings is 1. The molecule has 0 unspecified atom stereocenters. The molecule has 0 fully saturated rings. The van der Waals surface area contributed by atoms with Gasteiger partial charge in [-0.2, -0.15) is 0 Å². The lowest BCUT2D eigenvalue weighted by Crippen LogP contribution is -2.41. The maximum Gasteiger partial charge on any atom is 0.325 e. The van der Waals surface area contributed by atoms with Gasteiger partial charge in [0.1, 0.15) is 6.54 Å². The van der Waals surface area contributed by atoms with Crippen molar-refractivity contribution in [1.82, 2.24) is 9.88 Å². The molecule has 0 spiro atoms. The van der Waals surface area contributed by atoms with Crippen LogP contribution in [-0.2, 0) is 9.53 Å². The molecule has 0 atom stereocenters. The number of aromatic nitrogens is 1. The Morgan fingerprint density at radius 2 is 2.17 bits per heavy atom. The fourth-order valence-electron chi connectivity index (χ4n) is 1.49. The first-order valence-electron chi connectivity index (χ1n) is 5.92. The van der Waals surface area contributed by atoms with Crippen molar-refractivity contribution in [2.24, 2.45) is 0 Å². The zero-order valence-corrected chi connectivity index (χ0v) is 10.9. The Kier molecular flexibility index (Phi) is 5.30. The molecule has 0 aliphatic heterocycles. The zero-order chi connectivity index (χ0) is 13.5. The molecule has 1 heterocycles. The number of carbonyl (C=O) groups is 2. The molecule has 0 bridgehead atoms. The molecule has 0 aromatic carbocycles. The van der Waals surface area contributed by atoms with Crippen LogP contribution in [0.1, 0.15) is 31.1 Å². The highest BCUT2D eigenvalue weighted by atomic mass is 16.5. The van der Waals surface area contributed by atoms with Gasteiger partial charge in [0.05, 0.1) is 12.2 Å². The van der Waals surface area contributed by atoms with Crippen LogP contribution in [0.5, 0.6) is 0 Å². The predicted octanol–water partition coefficient (Wildman–Crippen LogP) is 1.50. The van der Waals surface area contributed by atoms with Crippen molar-refractivity contribution in [2.45, 2.75) is 26.8 Å². The second-order valence-corrected chi connectivity index (χ2v) is 4.07. The molecule has 1 rings (SSSR count). The van der Waals surface area contributed by atoms with Crippen LogP contribution in [0.4, 0.5) is 0 Å². The highest BCUT2D eigenvalue weighted by Gasteiger charge is 2.22. The predicted molar refractivity (Wildman–Crippen MR) is 67.0 cm³/mol. The molecule has 5 heteroatoms. The minimum atomic E-state index is -0.400. The third-order valence-corrected chi connectivity index (χ3v) is 2.40. The van der Waals surface area contributed by atoms with E-state index in [1.165, 1.54) is 11.1 Å². The van der Waals surface area contributed by atoms with Crippen molar-refractivity contribution in [3.63, 3.8) is 0 Å². The van der Waals surface area contributed by atoms with E-state index in [1.807, 2.05) is 13.8 Å². The summed E-state index contributed by atoms with van der Waals surface area (Å²) in [5, 5.41) is 0. The van der Waals surface area contributed by atoms with Crippen LogP contribution < -0.4 is 0 Å². The summed E-state index contributed by atoms with van der Waals surface area (Å²) in [6.07, 6.45) is 3.09. The number of rotatable bonds is 5. The van der Waals surface area contributed by atoms with E-state index < -0.39 is 5.97 Å². The molecular weight excluding hydrogens is 232 g/mol. The summed E-state index contributed by atoms with van der Waals surface area (Å²) in [6.45, 7) is 5.71. The number of amides is 1.